The molecule has 17 heavy (non-hydrogen) atoms. The smallest absolute Gasteiger partial charge is 0.00450 e. The van der Waals surface area contributed by atoms with E-state index in [-0.39, 0.29) is 5.41 Å². The van der Waals surface area contributed by atoms with Crippen molar-refractivity contribution in [3.8, 4) is 0 Å². The zero-order valence-electron chi connectivity index (χ0n) is 11.1. The first-order valence-corrected chi connectivity index (χ1v) is 6.60. The second-order valence-electron chi connectivity index (χ2n) is 5.91. The third kappa shape index (κ3) is 3.30. The molecule has 94 valence electrons. The van der Waals surface area contributed by atoms with Crippen LogP contribution < -0.4 is 5.73 Å². The van der Waals surface area contributed by atoms with Crippen LogP contribution in [0.3, 0.4) is 0 Å². The lowest BCUT2D eigenvalue weighted by molar-refractivity contribution is 0.189. The summed E-state index contributed by atoms with van der Waals surface area (Å²) >= 11 is 0. The lowest BCUT2D eigenvalue weighted by Gasteiger charge is -2.30. The zero-order chi connectivity index (χ0) is 12.3. The quantitative estimate of drug-likeness (QED) is 0.864. The topological polar surface area (TPSA) is 29.3 Å². The molecule has 2 rings (SSSR count). The highest BCUT2D eigenvalue weighted by Gasteiger charge is 2.21. The summed E-state index contributed by atoms with van der Waals surface area (Å²) in [4.78, 5) is 2.56. The first kappa shape index (κ1) is 12.6. The number of nitrogens with zero attached hydrogens (tertiary/aromatic N) is 1. The van der Waals surface area contributed by atoms with Gasteiger partial charge in [-0.15, -0.1) is 0 Å². The summed E-state index contributed by atoms with van der Waals surface area (Å²) in [6.45, 7) is 8.71. The van der Waals surface area contributed by atoms with E-state index in [1.54, 1.807) is 0 Å². The molecule has 2 heteroatoms. The Kier molecular flexibility index (Phi) is 3.85. The van der Waals surface area contributed by atoms with Crippen LogP contribution in [0.5, 0.6) is 0 Å². The van der Waals surface area contributed by atoms with E-state index < -0.39 is 0 Å². The van der Waals surface area contributed by atoms with Crippen molar-refractivity contribution in [1.82, 2.24) is 4.90 Å². The van der Waals surface area contributed by atoms with Crippen LogP contribution in [0.15, 0.2) is 24.3 Å². The molecular formula is C15H24N2. The van der Waals surface area contributed by atoms with Gasteiger partial charge in [-0.2, -0.15) is 0 Å². The summed E-state index contributed by atoms with van der Waals surface area (Å²) in [6.07, 6.45) is 2.35. The number of nitrogens with two attached hydrogens (primary N) is 1. The fraction of sp³-hybridized carbons (Fsp3) is 0.600. The molecule has 1 aromatic carbocycles. The molecule has 0 unspecified atom stereocenters. The van der Waals surface area contributed by atoms with Gasteiger partial charge in [-0.05, 0) is 35.9 Å². The van der Waals surface area contributed by atoms with Gasteiger partial charge >= 0.3 is 0 Å². The van der Waals surface area contributed by atoms with Gasteiger partial charge in [0.2, 0.25) is 0 Å². The SMILES string of the molecule is CC(C)(CN)CN1CCc2ccccc2CC1. The maximum absolute atomic E-state index is 5.82. The molecule has 1 aliphatic heterocycles. The molecule has 0 aliphatic carbocycles. The molecule has 1 aliphatic rings. The summed E-state index contributed by atoms with van der Waals surface area (Å²) in [7, 11) is 0. The molecule has 0 saturated heterocycles. The normalized spacial score (nSPS) is 17.6. The van der Waals surface area contributed by atoms with E-state index in [9.17, 15) is 0 Å². The maximum atomic E-state index is 5.82. The fourth-order valence-electron chi connectivity index (χ4n) is 2.54. The van der Waals surface area contributed by atoms with Gasteiger partial charge in [-0.3, -0.25) is 0 Å². The van der Waals surface area contributed by atoms with Crippen LogP contribution in [0.4, 0.5) is 0 Å². The predicted octanol–water partition coefficient (Wildman–Crippen LogP) is 2.07. The molecule has 0 atom stereocenters. The van der Waals surface area contributed by atoms with Crippen molar-refractivity contribution in [2.75, 3.05) is 26.2 Å². The Morgan fingerprint density at radius 1 is 1.12 bits per heavy atom. The van der Waals surface area contributed by atoms with E-state index >= 15 is 0 Å². The van der Waals surface area contributed by atoms with E-state index in [0.29, 0.717) is 0 Å². The average molecular weight is 232 g/mol. The van der Waals surface area contributed by atoms with Crippen molar-refractivity contribution in [1.29, 1.82) is 0 Å². The van der Waals surface area contributed by atoms with Gasteiger partial charge in [-0.25, -0.2) is 0 Å². The lowest BCUT2D eigenvalue weighted by Crippen LogP contribution is -2.39. The van der Waals surface area contributed by atoms with Gasteiger partial charge in [-0.1, -0.05) is 38.1 Å². The summed E-state index contributed by atoms with van der Waals surface area (Å²) in [5.41, 5.74) is 9.11. The first-order valence-electron chi connectivity index (χ1n) is 6.60. The number of rotatable bonds is 3. The van der Waals surface area contributed by atoms with Crippen molar-refractivity contribution in [2.45, 2.75) is 26.7 Å². The highest BCUT2D eigenvalue weighted by molar-refractivity contribution is 5.28. The van der Waals surface area contributed by atoms with Crippen LogP contribution in [0.25, 0.3) is 0 Å². The minimum atomic E-state index is 0.233. The molecular weight excluding hydrogens is 208 g/mol. The molecule has 0 amide bonds. The van der Waals surface area contributed by atoms with Gasteiger partial charge in [0.05, 0.1) is 0 Å². The van der Waals surface area contributed by atoms with E-state index in [1.165, 1.54) is 37.1 Å². The summed E-state index contributed by atoms with van der Waals surface area (Å²) in [5, 5.41) is 0. The van der Waals surface area contributed by atoms with Crippen LogP contribution in [0.2, 0.25) is 0 Å². The van der Waals surface area contributed by atoms with Gasteiger partial charge < -0.3 is 10.6 Å². The third-order valence-electron chi connectivity index (χ3n) is 3.72. The number of hydrogen-bond donors (Lipinski definition) is 1. The van der Waals surface area contributed by atoms with E-state index in [0.717, 1.165) is 13.1 Å². The van der Waals surface area contributed by atoms with E-state index in [4.69, 9.17) is 5.73 Å². The molecule has 0 saturated carbocycles. The van der Waals surface area contributed by atoms with Gasteiger partial charge in [0.25, 0.3) is 0 Å². The largest absolute Gasteiger partial charge is 0.330 e. The molecule has 0 fully saturated rings. The van der Waals surface area contributed by atoms with Crippen LogP contribution in [-0.2, 0) is 12.8 Å². The average Bonchev–Trinajstić information content (AvgIpc) is 2.52. The highest BCUT2D eigenvalue weighted by atomic mass is 15.1. The van der Waals surface area contributed by atoms with Crippen LogP contribution >= 0.6 is 0 Å². The second kappa shape index (κ2) is 5.19. The number of hydrogen-bond acceptors (Lipinski definition) is 2. The van der Waals surface area contributed by atoms with Crippen molar-refractivity contribution in [3.63, 3.8) is 0 Å². The third-order valence-corrected chi connectivity index (χ3v) is 3.72. The minimum Gasteiger partial charge on any atom is -0.330 e. The lowest BCUT2D eigenvalue weighted by atomic mass is 9.93. The molecule has 2 nitrogen and oxygen atoms in total. The molecule has 0 radical (unpaired) electrons. The summed E-state index contributed by atoms with van der Waals surface area (Å²) < 4.78 is 0. The van der Waals surface area contributed by atoms with Gasteiger partial charge in [0.1, 0.15) is 0 Å². The Balaban J connectivity index is 2.00. The Morgan fingerprint density at radius 2 is 1.65 bits per heavy atom. The summed E-state index contributed by atoms with van der Waals surface area (Å²) in [6, 6.07) is 8.84. The Bertz CT molecular complexity index is 344. The number of benzene rings is 1. The van der Waals surface area contributed by atoms with Crippen LogP contribution in [0.1, 0.15) is 25.0 Å². The van der Waals surface area contributed by atoms with Crippen molar-refractivity contribution >= 4 is 0 Å². The Morgan fingerprint density at radius 3 is 2.12 bits per heavy atom. The number of fused-ring (bicyclic) bond motifs is 1. The zero-order valence-corrected chi connectivity index (χ0v) is 11.1. The van der Waals surface area contributed by atoms with Crippen molar-refractivity contribution < 1.29 is 0 Å². The highest BCUT2D eigenvalue weighted by Crippen LogP contribution is 2.19. The standard InChI is InChI=1S/C15H24N2/c1-15(2,11-16)12-17-9-7-13-5-3-4-6-14(13)8-10-17/h3-6H,7-12,16H2,1-2H3. The maximum Gasteiger partial charge on any atom is 0.00450 e. The summed E-state index contributed by atoms with van der Waals surface area (Å²) in [5.74, 6) is 0. The van der Waals surface area contributed by atoms with E-state index in [1.807, 2.05) is 0 Å². The minimum absolute atomic E-state index is 0.233. The van der Waals surface area contributed by atoms with E-state index in [2.05, 4.69) is 43.0 Å². The van der Waals surface area contributed by atoms with Crippen molar-refractivity contribution in [2.24, 2.45) is 11.1 Å². The first-order chi connectivity index (χ1) is 8.11. The Hall–Kier alpha value is -0.860. The van der Waals surface area contributed by atoms with Gasteiger partial charge in [0.15, 0.2) is 0 Å². The second-order valence-corrected chi connectivity index (χ2v) is 5.91. The Labute approximate surface area is 105 Å². The molecule has 0 aromatic heterocycles. The molecule has 1 aromatic rings. The molecule has 1 heterocycles. The molecule has 0 spiro atoms. The van der Waals surface area contributed by atoms with Crippen LogP contribution in [0, 0.1) is 5.41 Å². The van der Waals surface area contributed by atoms with Gasteiger partial charge in [0, 0.05) is 19.6 Å². The fourth-order valence-corrected chi connectivity index (χ4v) is 2.54. The monoisotopic (exact) mass is 232 g/mol. The van der Waals surface area contributed by atoms with Crippen molar-refractivity contribution in [3.05, 3.63) is 35.4 Å². The predicted molar refractivity (Wildman–Crippen MR) is 73.1 cm³/mol. The molecule has 2 N–H and O–H groups in total. The van der Waals surface area contributed by atoms with Crippen LogP contribution in [-0.4, -0.2) is 31.1 Å². The molecule has 0 bridgehead atoms.